The van der Waals surface area contributed by atoms with Gasteiger partial charge >= 0.3 is 0 Å². The van der Waals surface area contributed by atoms with Gasteiger partial charge in [0, 0.05) is 29.6 Å². The molecule has 2 aromatic carbocycles. The fraction of sp³-hybridized carbons (Fsp3) is 0.448. The van der Waals surface area contributed by atoms with Crippen LogP contribution in [0.25, 0.3) is 10.9 Å². The van der Waals surface area contributed by atoms with Crippen molar-refractivity contribution in [1.82, 2.24) is 30.1 Å². The molecule has 0 aliphatic heterocycles. The highest BCUT2D eigenvalue weighted by Gasteiger charge is 2.29. The molecule has 2 aromatic heterocycles. The van der Waals surface area contributed by atoms with Crippen LogP contribution in [0.5, 0.6) is 0 Å². The van der Waals surface area contributed by atoms with Crippen LogP contribution in [0.1, 0.15) is 84.8 Å². The molecule has 5 rings (SSSR count). The fourth-order valence-corrected chi connectivity index (χ4v) is 5.69. The lowest BCUT2D eigenvalue weighted by atomic mass is 10.0. The Balaban J connectivity index is 1.55. The highest BCUT2D eigenvalue weighted by atomic mass is 16.1. The zero-order chi connectivity index (χ0) is 25.2. The molecule has 188 valence electrons. The standard InChI is InChI=1S/C29H36N6O/c1-5-27(28-31-32-33-35(28)24-8-6-7-9-24)34(17-22-12-10-19(2)11-13-22)18-23-16-25-21(4)14-20(3)15-26(25)30-29(23)36/h10-16,24,27H,5-9,17-18H2,1-4H3,(H,30,36). The summed E-state index contributed by atoms with van der Waals surface area (Å²) in [6.07, 6.45) is 5.53. The Morgan fingerprint density at radius 2 is 1.78 bits per heavy atom. The first kappa shape index (κ1) is 24.4. The number of aromatic nitrogens is 5. The molecule has 0 bridgehead atoms. The molecule has 1 aliphatic carbocycles. The van der Waals surface area contributed by atoms with Crippen molar-refractivity contribution in [2.24, 2.45) is 0 Å². The van der Waals surface area contributed by atoms with Gasteiger partial charge in [-0.1, -0.05) is 55.7 Å². The lowest BCUT2D eigenvalue weighted by Crippen LogP contribution is -2.32. The second-order valence-corrected chi connectivity index (χ2v) is 10.4. The van der Waals surface area contributed by atoms with E-state index in [-0.39, 0.29) is 11.6 Å². The zero-order valence-corrected chi connectivity index (χ0v) is 21.8. The van der Waals surface area contributed by atoms with Gasteiger partial charge < -0.3 is 4.98 Å². The van der Waals surface area contributed by atoms with E-state index < -0.39 is 0 Å². The molecule has 1 atom stereocenters. The van der Waals surface area contributed by atoms with Gasteiger partial charge in [0.1, 0.15) is 0 Å². The van der Waals surface area contributed by atoms with Gasteiger partial charge in [-0.2, -0.15) is 0 Å². The summed E-state index contributed by atoms with van der Waals surface area (Å²) in [5, 5.41) is 14.1. The Labute approximate surface area is 212 Å². The molecule has 36 heavy (non-hydrogen) atoms. The molecule has 4 aromatic rings. The van der Waals surface area contributed by atoms with Crippen LogP contribution in [0.15, 0.2) is 47.3 Å². The van der Waals surface area contributed by atoms with Crippen LogP contribution in [0, 0.1) is 20.8 Å². The van der Waals surface area contributed by atoms with Crippen LogP contribution in [0.4, 0.5) is 0 Å². The Hall–Kier alpha value is -3.32. The number of aryl methyl sites for hydroxylation is 3. The lowest BCUT2D eigenvalue weighted by molar-refractivity contribution is 0.158. The number of pyridine rings is 1. The average molecular weight is 485 g/mol. The first-order valence-corrected chi connectivity index (χ1v) is 13.1. The van der Waals surface area contributed by atoms with Gasteiger partial charge in [0.2, 0.25) is 0 Å². The molecule has 7 nitrogen and oxygen atoms in total. The predicted molar refractivity (Wildman–Crippen MR) is 143 cm³/mol. The Morgan fingerprint density at radius 1 is 1.03 bits per heavy atom. The van der Waals surface area contributed by atoms with Crippen molar-refractivity contribution in [3.05, 3.63) is 86.5 Å². The second-order valence-electron chi connectivity index (χ2n) is 10.4. The molecule has 1 saturated carbocycles. The van der Waals surface area contributed by atoms with Crippen LogP contribution >= 0.6 is 0 Å². The smallest absolute Gasteiger partial charge is 0.252 e. The number of nitrogens with zero attached hydrogens (tertiary/aromatic N) is 5. The van der Waals surface area contributed by atoms with E-state index >= 15 is 0 Å². The number of nitrogens with one attached hydrogen (secondary N) is 1. The quantitative estimate of drug-likeness (QED) is 0.347. The molecule has 1 aliphatic rings. The maximum Gasteiger partial charge on any atom is 0.252 e. The summed E-state index contributed by atoms with van der Waals surface area (Å²) < 4.78 is 2.06. The summed E-state index contributed by atoms with van der Waals surface area (Å²) in [4.78, 5) is 18.7. The molecule has 0 saturated heterocycles. The van der Waals surface area contributed by atoms with E-state index in [2.05, 4.69) is 94.2 Å². The summed E-state index contributed by atoms with van der Waals surface area (Å²) in [6, 6.07) is 15.3. The molecule has 1 fully saturated rings. The second kappa shape index (κ2) is 10.3. The Morgan fingerprint density at radius 3 is 2.50 bits per heavy atom. The summed E-state index contributed by atoms with van der Waals surface area (Å²) in [5.74, 6) is 0.903. The number of H-pyrrole nitrogens is 1. The number of fused-ring (bicyclic) bond motifs is 1. The number of hydrogen-bond donors (Lipinski definition) is 1. The highest BCUT2D eigenvalue weighted by Crippen LogP contribution is 2.33. The third kappa shape index (κ3) is 4.98. The van der Waals surface area contributed by atoms with E-state index in [1.54, 1.807) is 0 Å². The van der Waals surface area contributed by atoms with Crippen molar-refractivity contribution in [1.29, 1.82) is 0 Å². The maximum absolute atomic E-state index is 13.2. The van der Waals surface area contributed by atoms with E-state index in [4.69, 9.17) is 0 Å². The number of benzene rings is 2. The molecule has 1 N–H and O–H groups in total. The van der Waals surface area contributed by atoms with E-state index in [1.807, 2.05) is 6.07 Å². The number of tetrazole rings is 1. The van der Waals surface area contributed by atoms with Crippen molar-refractivity contribution in [2.45, 2.75) is 85.0 Å². The van der Waals surface area contributed by atoms with Crippen molar-refractivity contribution < 1.29 is 0 Å². The lowest BCUT2D eigenvalue weighted by Gasteiger charge is -2.31. The minimum Gasteiger partial charge on any atom is -0.322 e. The minimum absolute atomic E-state index is 0.00360. The predicted octanol–water partition coefficient (Wildman–Crippen LogP) is 5.71. The molecular weight excluding hydrogens is 448 g/mol. The normalized spacial score (nSPS) is 15.2. The van der Waals surface area contributed by atoms with Gasteiger partial charge in [0.15, 0.2) is 5.82 Å². The topological polar surface area (TPSA) is 79.7 Å². The third-order valence-electron chi connectivity index (χ3n) is 7.58. The highest BCUT2D eigenvalue weighted by molar-refractivity contribution is 5.83. The summed E-state index contributed by atoms with van der Waals surface area (Å²) in [6.45, 7) is 9.67. The van der Waals surface area contributed by atoms with E-state index in [0.717, 1.165) is 47.1 Å². The van der Waals surface area contributed by atoms with Crippen LogP contribution < -0.4 is 5.56 Å². The largest absolute Gasteiger partial charge is 0.322 e. The Kier molecular flexibility index (Phi) is 7.01. The van der Waals surface area contributed by atoms with Crippen molar-refractivity contribution in [2.75, 3.05) is 0 Å². The Bertz CT molecular complexity index is 1400. The van der Waals surface area contributed by atoms with E-state index in [9.17, 15) is 4.79 Å². The third-order valence-corrected chi connectivity index (χ3v) is 7.58. The van der Waals surface area contributed by atoms with Crippen LogP contribution in [0.2, 0.25) is 0 Å². The average Bonchev–Trinajstić information content (AvgIpc) is 3.54. The number of hydrogen-bond acceptors (Lipinski definition) is 5. The zero-order valence-electron chi connectivity index (χ0n) is 21.8. The number of aromatic amines is 1. The molecule has 0 radical (unpaired) electrons. The van der Waals surface area contributed by atoms with E-state index in [1.165, 1.54) is 29.5 Å². The molecule has 7 heteroatoms. The molecule has 2 heterocycles. The maximum atomic E-state index is 13.2. The van der Waals surface area contributed by atoms with Crippen LogP contribution in [-0.2, 0) is 13.1 Å². The van der Waals surface area contributed by atoms with E-state index in [0.29, 0.717) is 19.1 Å². The summed E-state index contributed by atoms with van der Waals surface area (Å²) >= 11 is 0. The molecule has 0 amide bonds. The summed E-state index contributed by atoms with van der Waals surface area (Å²) in [7, 11) is 0. The van der Waals surface area contributed by atoms with Gasteiger partial charge in [-0.05, 0) is 79.3 Å². The monoisotopic (exact) mass is 484 g/mol. The fourth-order valence-electron chi connectivity index (χ4n) is 5.69. The van der Waals surface area contributed by atoms with Crippen molar-refractivity contribution >= 4 is 10.9 Å². The van der Waals surface area contributed by atoms with Crippen molar-refractivity contribution in [3.63, 3.8) is 0 Å². The van der Waals surface area contributed by atoms with Gasteiger partial charge in [0.05, 0.1) is 12.1 Å². The SMILES string of the molecule is CCC(c1nnnn1C1CCCC1)N(Cc1ccc(C)cc1)Cc1cc2c(C)cc(C)cc2[nH]c1=O. The van der Waals surface area contributed by atoms with Gasteiger partial charge in [0.25, 0.3) is 5.56 Å². The minimum atomic E-state index is -0.0355. The molecule has 1 unspecified atom stereocenters. The van der Waals surface area contributed by atoms with Gasteiger partial charge in [-0.25, -0.2) is 4.68 Å². The summed E-state index contributed by atoms with van der Waals surface area (Å²) in [5.41, 5.74) is 6.39. The number of rotatable bonds is 8. The molecule has 0 spiro atoms. The first-order chi connectivity index (χ1) is 17.4. The van der Waals surface area contributed by atoms with Crippen LogP contribution in [-0.4, -0.2) is 30.1 Å². The van der Waals surface area contributed by atoms with Crippen molar-refractivity contribution in [3.8, 4) is 0 Å². The van der Waals surface area contributed by atoms with Gasteiger partial charge in [-0.3, -0.25) is 9.69 Å². The van der Waals surface area contributed by atoms with Crippen LogP contribution in [0.3, 0.4) is 0 Å². The van der Waals surface area contributed by atoms with Gasteiger partial charge in [-0.15, -0.1) is 5.10 Å². The molecular formula is C29H36N6O. The first-order valence-electron chi connectivity index (χ1n) is 13.1.